The summed E-state index contributed by atoms with van der Waals surface area (Å²) < 4.78 is 3.66. The van der Waals surface area contributed by atoms with Crippen LogP contribution in [0.15, 0.2) is 6.20 Å². The van der Waals surface area contributed by atoms with Crippen molar-refractivity contribution in [2.45, 2.75) is 13.0 Å². The van der Waals surface area contributed by atoms with E-state index < -0.39 is 12.0 Å². The number of hydrogen-bond acceptors (Lipinski definition) is 6. The molecule has 2 heterocycles. The lowest BCUT2D eigenvalue weighted by molar-refractivity contribution is -0.143. The first-order valence-electron chi connectivity index (χ1n) is 5.88. The number of rotatable bonds is 3. The van der Waals surface area contributed by atoms with Gasteiger partial charge in [0.25, 0.3) is 0 Å². The number of carboxylic acid groups (broad SMARTS) is 1. The van der Waals surface area contributed by atoms with Gasteiger partial charge in [0.15, 0.2) is 0 Å². The van der Waals surface area contributed by atoms with Crippen LogP contribution < -0.4 is 5.32 Å². The molecule has 1 aromatic rings. The number of nitrogens with zero attached hydrogens (tertiary/aromatic N) is 4. The molecular weight excluding hydrogens is 270 g/mol. The molecule has 0 bridgehead atoms. The van der Waals surface area contributed by atoms with Gasteiger partial charge >= 0.3 is 12.0 Å². The molecule has 1 aromatic heterocycles. The third-order valence-corrected chi connectivity index (χ3v) is 3.68. The van der Waals surface area contributed by atoms with Gasteiger partial charge in [0.05, 0.1) is 6.20 Å². The van der Waals surface area contributed by atoms with Gasteiger partial charge in [-0.05, 0) is 6.92 Å². The van der Waals surface area contributed by atoms with Gasteiger partial charge in [0, 0.05) is 37.7 Å². The Labute approximate surface area is 114 Å². The van der Waals surface area contributed by atoms with Crippen LogP contribution in [-0.4, -0.2) is 68.7 Å². The van der Waals surface area contributed by atoms with Crippen LogP contribution in [0.5, 0.6) is 0 Å². The van der Waals surface area contributed by atoms with Crippen molar-refractivity contribution in [2.24, 2.45) is 0 Å². The van der Waals surface area contributed by atoms with Crippen molar-refractivity contribution in [3.05, 3.63) is 6.20 Å². The summed E-state index contributed by atoms with van der Waals surface area (Å²) in [7, 11) is 0. The van der Waals surface area contributed by atoms with E-state index in [4.69, 9.17) is 5.11 Å². The van der Waals surface area contributed by atoms with E-state index >= 15 is 0 Å². The van der Waals surface area contributed by atoms with Gasteiger partial charge in [-0.2, -0.15) is 0 Å². The molecule has 1 saturated heterocycles. The summed E-state index contributed by atoms with van der Waals surface area (Å²) in [6.07, 6.45) is 1.49. The van der Waals surface area contributed by atoms with Crippen molar-refractivity contribution in [2.75, 3.05) is 31.5 Å². The molecule has 1 aliphatic rings. The van der Waals surface area contributed by atoms with Crippen LogP contribution in [-0.2, 0) is 4.79 Å². The molecule has 0 aliphatic carbocycles. The molecule has 1 aliphatic heterocycles. The Balaban J connectivity index is 1.83. The van der Waals surface area contributed by atoms with Crippen LogP contribution in [0.2, 0.25) is 0 Å². The molecule has 104 valence electrons. The van der Waals surface area contributed by atoms with Crippen LogP contribution in [0.1, 0.15) is 6.92 Å². The second-order valence-electron chi connectivity index (χ2n) is 4.25. The van der Waals surface area contributed by atoms with Gasteiger partial charge in [-0.3, -0.25) is 15.0 Å². The first-order chi connectivity index (χ1) is 9.08. The number of aliphatic carboxylic acids is 1. The van der Waals surface area contributed by atoms with E-state index in [0.717, 1.165) is 11.5 Å². The highest BCUT2D eigenvalue weighted by Crippen LogP contribution is 2.12. The first kappa shape index (κ1) is 13.7. The summed E-state index contributed by atoms with van der Waals surface area (Å²) in [5.41, 5.74) is 0. The summed E-state index contributed by atoms with van der Waals surface area (Å²) in [6.45, 7) is 3.79. The van der Waals surface area contributed by atoms with Crippen molar-refractivity contribution >= 4 is 28.5 Å². The standard InChI is InChI=1S/C10H15N5O3S/c1-7(9(16)17)14-2-4-15(5-3-14)10(18)12-8-6-11-13-19-8/h6-7H,2-5H2,1H3,(H,12,18)(H,16,17). The topological polar surface area (TPSA) is 98.7 Å². The number of carbonyl (C=O) groups is 2. The zero-order chi connectivity index (χ0) is 13.8. The molecule has 0 radical (unpaired) electrons. The predicted octanol–water partition coefficient (Wildman–Crippen LogP) is 0.161. The van der Waals surface area contributed by atoms with Gasteiger partial charge in [-0.15, -0.1) is 5.10 Å². The van der Waals surface area contributed by atoms with E-state index in [-0.39, 0.29) is 6.03 Å². The number of nitrogens with one attached hydrogen (secondary N) is 1. The van der Waals surface area contributed by atoms with Crippen molar-refractivity contribution in [3.8, 4) is 0 Å². The Hall–Kier alpha value is -1.74. The molecule has 1 unspecified atom stereocenters. The van der Waals surface area contributed by atoms with E-state index in [1.54, 1.807) is 11.8 Å². The normalized spacial score (nSPS) is 18.1. The molecule has 0 spiro atoms. The van der Waals surface area contributed by atoms with Gasteiger partial charge < -0.3 is 10.0 Å². The maximum absolute atomic E-state index is 11.9. The number of urea groups is 1. The van der Waals surface area contributed by atoms with E-state index in [1.807, 2.05) is 4.90 Å². The minimum absolute atomic E-state index is 0.200. The fraction of sp³-hybridized carbons (Fsp3) is 0.600. The number of carbonyl (C=O) groups excluding carboxylic acids is 1. The molecule has 9 heteroatoms. The summed E-state index contributed by atoms with van der Waals surface area (Å²) in [5.74, 6) is -0.839. The van der Waals surface area contributed by atoms with Crippen molar-refractivity contribution < 1.29 is 14.7 Å². The summed E-state index contributed by atoms with van der Waals surface area (Å²) in [5, 5.41) is 15.9. The fourth-order valence-corrected chi connectivity index (χ4v) is 2.28. The molecule has 1 atom stereocenters. The quantitative estimate of drug-likeness (QED) is 0.821. The van der Waals surface area contributed by atoms with E-state index in [0.29, 0.717) is 31.2 Å². The number of amides is 2. The largest absolute Gasteiger partial charge is 0.480 e. The lowest BCUT2D eigenvalue weighted by Gasteiger charge is -2.36. The van der Waals surface area contributed by atoms with Crippen LogP contribution >= 0.6 is 11.5 Å². The van der Waals surface area contributed by atoms with Gasteiger partial charge in [-0.1, -0.05) is 4.49 Å². The third-order valence-electron chi connectivity index (χ3n) is 3.10. The second kappa shape index (κ2) is 5.93. The average molecular weight is 285 g/mol. The Morgan fingerprint density at radius 3 is 2.63 bits per heavy atom. The van der Waals surface area contributed by atoms with E-state index in [2.05, 4.69) is 14.9 Å². The smallest absolute Gasteiger partial charge is 0.322 e. The molecule has 1 fully saturated rings. The van der Waals surface area contributed by atoms with Crippen LogP contribution in [0.3, 0.4) is 0 Å². The molecule has 2 N–H and O–H groups in total. The van der Waals surface area contributed by atoms with Gasteiger partial charge in [0.2, 0.25) is 0 Å². The Kier molecular flexibility index (Phi) is 4.27. The summed E-state index contributed by atoms with van der Waals surface area (Å²) in [4.78, 5) is 26.3. The van der Waals surface area contributed by atoms with Crippen molar-refractivity contribution in [1.29, 1.82) is 0 Å². The molecule has 2 rings (SSSR count). The minimum Gasteiger partial charge on any atom is -0.480 e. The average Bonchev–Trinajstić information content (AvgIpc) is 2.90. The van der Waals surface area contributed by atoms with Crippen LogP contribution in [0.25, 0.3) is 0 Å². The number of aromatic nitrogens is 2. The first-order valence-corrected chi connectivity index (χ1v) is 6.65. The highest BCUT2D eigenvalue weighted by atomic mass is 32.1. The van der Waals surface area contributed by atoms with E-state index in [9.17, 15) is 9.59 Å². The lowest BCUT2D eigenvalue weighted by Crippen LogP contribution is -2.53. The summed E-state index contributed by atoms with van der Waals surface area (Å²) in [6, 6.07) is -0.718. The second-order valence-corrected chi connectivity index (χ2v) is 5.03. The Morgan fingerprint density at radius 1 is 1.42 bits per heavy atom. The highest BCUT2D eigenvalue weighted by molar-refractivity contribution is 7.10. The fourth-order valence-electron chi connectivity index (χ4n) is 1.88. The monoisotopic (exact) mass is 285 g/mol. The Morgan fingerprint density at radius 2 is 2.11 bits per heavy atom. The molecule has 2 amide bonds. The number of anilines is 1. The van der Waals surface area contributed by atoms with Crippen molar-refractivity contribution in [3.63, 3.8) is 0 Å². The zero-order valence-corrected chi connectivity index (χ0v) is 11.3. The SMILES string of the molecule is CC(C(=O)O)N1CCN(C(=O)Nc2cnns2)CC1. The maximum atomic E-state index is 11.9. The predicted molar refractivity (Wildman–Crippen MR) is 69.2 cm³/mol. The maximum Gasteiger partial charge on any atom is 0.322 e. The van der Waals surface area contributed by atoms with Crippen LogP contribution in [0.4, 0.5) is 9.80 Å². The van der Waals surface area contributed by atoms with Gasteiger partial charge in [0.1, 0.15) is 11.0 Å². The molecule has 0 saturated carbocycles. The molecule has 0 aromatic carbocycles. The number of piperazine rings is 1. The van der Waals surface area contributed by atoms with Crippen LogP contribution in [0, 0.1) is 0 Å². The van der Waals surface area contributed by atoms with Crippen molar-refractivity contribution in [1.82, 2.24) is 19.4 Å². The zero-order valence-electron chi connectivity index (χ0n) is 10.4. The highest BCUT2D eigenvalue weighted by Gasteiger charge is 2.27. The van der Waals surface area contributed by atoms with E-state index in [1.165, 1.54) is 6.20 Å². The minimum atomic E-state index is -0.839. The Bertz CT molecular complexity index is 444. The number of carboxylic acids is 1. The molecular formula is C10H15N5O3S. The third kappa shape index (κ3) is 3.38. The molecule has 8 nitrogen and oxygen atoms in total. The number of hydrogen-bond donors (Lipinski definition) is 2. The molecule has 19 heavy (non-hydrogen) atoms. The summed E-state index contributed by atoms with van der Waals surface area (Å²) >= 11 is 1.12. The van der Waals surface area contributed by atoms with Gasteiger partial charge in [-0.25, -0.2) is 4.79 Å². The lowest BCUT2D eigenvalue weighted by atomic mass is 10.2.